The van der Waals surface area contributed by atoms with Gasteiger partial charge in [-0.1, -0.05) is 12.1 Å². The van der Waals surface area contributed by atoms with E-state index in [1.807, 2.05) is 12.1 Å². The Hall–Kier alpha value is -2.57. The van der Waals surface area contributed by atoms with Gasteiger partial charge in [-0.05, 0) is 88.0 Å². The second kappa shape index (κ2) is 8.89. The van der Waals surface area contributed by atoms with Gasteiger partial charge >= 0.3 is 12.1 Å². The smallest absolute Gasteiger partial charge is 0.407 e. The molecule has 0 aliphatic heterocycles. The van der Waals surface area contributed by atoms with Gasteiger partial charge in [-0.3, -0.25) is 4.79 Å². The van der Waals surface area contributed by atoms with Crippen LogP contribution in [0.3, 0.4) is 0 Å². The number of benzene rings is 1. The van der Waals surface area contributed by atoms with Crippen molar-refractivity contribution in [2.75, 3.05) is 18.4 Å². The summed E-state index contributed by atoms with van der Waals surface area (Å²) in [5, 5.41) is 15.3. The number of carbonyl (C=O) groups is 2. The molecule has 0 spiro atoms. The summed E-state index contributed by atoms with van der Waals surface area (Å²) in [6, 6.07) is 8.15. The molecular weight excluding hydrogens is 399 g/mol. The Morgan fingerprint density at radius 3 is 2.13 bits per heavy atom. The zero-order valence-electron chi connectivity index (χ0n) is 18.6. The number of rotatable bonds is 7. The van der Waals surface area contributed by atoms with E-state index in [0.717, 1.165) is 44.2 Å². The van der Waals surface area contributed by atoms with Crippen LogP contribution >= 0.6 is 0 Å². The van der Waals surface area contributed by atoms with E-state index in [1.165, 1.54) is 5.56 Å². The van der Waals surface area contributed by atoms with Crippen LogP contribution in [-0.4, -0.2) is 35.9 Å². The van der Waals surface area contributed by atoms with Gasteiger partial charge in [0.2, 0.25) is 0 Å². The van der Waals surface area contributed by atoms with Crippen molar-refractivity contribution in [2.24, 2.45) is 5.41 Å². The number of halogens is 1. The number of amides is 1. The molecule has 1 aromatic rings. The fourth-order valence-electron chi connectivity index (χ4n) is 4.74. The Bertz CT molecular complexity index is 818. The Kier molecular flexibility index (Phi) is 6.62. The van der Waals surface area contributed by atoms with E-state index in [-0.39, 0.29) is 18.5 Å². The van der Waals surface area contributed by atoms with Gasteiger partial charge in [0.1, 0.15) is 5.60 Å². The minimum absolute atomic E-state index is 0.0605. The minimum atomic E-state index is -0.641. The summed E-state index contributed by atoms with van der Waals surface area (Å²) in [6.07, 6.45) is 4.90. The second-order valence-electron chi connectivity index (χ2n) is 9.92. The molecular formula is C24H33FN2O4. The highest BCUT2D eigenvalue weighted by Gasteiger charge is 2.53. The van der Waals surface area contributed by atoms with Gasteiger partial charge in [0.05, 0.1) is 11.7 Å². The maximum Gasteiger partial charge on any atom is 0.407 e. The summed E-state index contributed by atoms with van der Waals surface area (Å²) in [7, 11) is 0. The first kappa shape index (κ1) is 23.1. The molecule has 0 saturated heterocycles. The number of aliphatic carboxylic acids is 1. The first-order chi connectivity index (χ1) is 14.6. The van der Waals surface area contributed by atoms with Crippen LogP contribution in [0.25, 0.3) is 0 Å². The van der Waals surface area contributed by atoms with Crippen LogP contribution in [-0.2, 0) is 14.9 Å². The highest BCUT2D eigenvalue weighted by molar-refractivity contribution is 5.75. The third-order valence-electron chi connectivity index (χ3n) is 6.73. The van der Waals surface area contributed by atoms with Crippen LogP contribution < -0.4 is 10.6 Å². The predicted octanol–water partition coefficient (Wildman–Crippen LogP) is 5.15. The predicted molar refractivity (Wildman–Crippen MR) is 118 cm³/mol. The van der Waals surface area contributed by atoms with Gasteiger partial charge in [0.25, 0.3) is 0 Å². The molecule has 3 fully saturated rings. The summed E-state index contributed by atoms with van der Waals surface area (Å²) in [6.45, 7) is 5.63. The van der Waals surface area contributed by atoms with Crippen molar-refractivity contribution < 1.29 is 23.8 Å². The van der Waals surface area contributed by atoms with Gasteiger partial charge in [0, 0.05) is 18.8 Å². The molecule has 3 N–H and O–H groups in total. The molecule has 3 saturated carbocycles. The first-order valence-corrected chi connectivity index (χ1v) is 10.9. The number of ether oxygens (including phenoxy) is 1. The maximum absolute atomic E-state index is 13.2. The van der Waals surface area contributed by atoms with Crippen LogP contribution in [0.15, 0.2) is 36.2 Å². The van der Waals surface area contributed by atoms with Gasteiger partial charge in [-0.15, -0.1) is 0 Å². The average molecular weight is 433 g/mol. The summed E-state index contributed by atoms with van der Waals surface area (Å²) >= 11 is 0. The van der Waals surface area contributed by atoms with Crippen molar-refractivity contribution in [2.45, 2.75) is 70.3 Å². The van der Waals surface area contributed by atoms with Crippen LogP contribution in [0, 0.1) is 5.41 Å². The Labute approximate surface area is 183 Å². The number of hydrogen-bond acceptors (Lipinski definition) is 4. The molecule has 3 aliphatic rings. The Morgan fingerprint density at radius 2 is 1.65 bits per heavy atom. The van der Waals surface area contributed by atoms with Gasteiger partial charge in [0.15, 0.2) is 0 Å². The van der Waals surface area contributed by atoms with E-state index in [9.17, 15) is 19.1 Å². The summed E-state index contributed by atoms with van der Waals surface area (Å²) in [5.74, 6) is -0.641. The van der Waals surface area contributed by atoms with Gasteiger partial charge in [-0.2, -0.15) is 0 Å². The molecule has 0 aromatic heterocycles. The number of alkyl carbamates (subject to hydrolysis) is 1. The monoisotopic (exact) mass is 432 g/mol. The number of anilines is 1. The van der Waals surface area contributed by atoms with Crippen molar-refractivity contribution in [1.29, 1.82) is 0 Å². The topological polar surface area (TPSA) is 87.7 Å². The number of carboxylic acids is 1. The largest absolute Gasteiger partial charge is 0.481 e. The summed E-state index contributed by atoms with van der Waals surface area (Å²) in [5.41, 5.74) is 1.49. The molecule has 4 rings (SSSR count). The normalized spacial score (nSPS) is 25.7. The van der Waals surface area contributed by atoms with Crippen molar-refractivity contribution in [3.63, 3.8) is 0 Å². The zero-order chi connectivity index (χ0) is 22.7. The zero-order valence-corrected chi connectivity index (χ0v) is 18.6. The van der Waals surface area contributed by atoms with Gasteiger partial charge < -0.3 is 20.5 Å². The van der Waals surface area contributed by atoms with Crippen molar-refractivity contribution in [1.82, 2.24) is 5.32 Å². The molecule has 0 atom stereocenters. The number of fused-ring (bicyclic) bond motifs is 3. The highest BCUT2D eigenvalue weighted by atomic mass is 19.1. The lowest BCUT2D eigenvalue weighted by atomic mass is 9.52. The molecule has 31 heavy (non-hydrogen) atoms. The lowest BCUT2D eigenvalue weighted by Crippen LogP contribution is -2.47. The number of carboxylic acid groups (broad SMARTS) is 1. The maximum atomic E-state index is 13.2. The van der Waals surface area contributed by atoms with Crippen molar-refractivity contribution in [3.05, 3.63) is 41.7 Å². The lowest BCUT2D eigenvalue weighted by Gasteiger charge is -2.51. The molecule has 3 aliphatic carbocycles. The third-order valence-corrected chi connectivity index (χ3v) is 6.73. The van der Waals surface area contributed by atoms with E-state index < -0.39 is 23.1 Å². The van der Waals surface area contributed by atoms with E-state index in [2.05, 4.69) is 22.8 Å². The average Bonchev–Trinajstić information content (AvgIpc) is 2.74. The summed E-state index contributed by atoms with van der Waals surface area (Å²) in [4.78, 5) is 23.4. The van der Waals surface area contributed by atoms with Crippen LogP contribution in [0.1, 0.15) is 64.9 Å². The van der Waals surface area contributed by atoms with Gasteiger partial charge in [-0.25, -0.2) is 9.18 Å². The standard InChI is InChI=1S/C24H33FN2O4/c1-22(2,3)31-21(30)27-16-17(14-25)15-26-19-6-4-18(5-7-19)23-8-11-24(12-9-23,13-10-23)20(28)29/h4-7,14,26H,8-13,15-16H2,1-3H3,(H,27,30)(H,28,29)/b17-14-. The quantitative estimate of drug-likeness (QED) is 0.554. The molecule has 170 valence electrons. The molecule has 1 aromatic carbocycles. The fraction of sp³-hybridized carbons (Fsp3) is 0.583. The Balaban J connectivity index is 1.52. The van der Waals surface area contributed by atoms with Crippen molar-refractivity contribution in [3.8, 4) is 0 Å². The van der Waals surface area contributed by atoms with E-state index in [0.29, 0.717) is 11.9 Å². The molecule has 0 radical (unpaired) electrons. The Morgan fingerprint density at radius 1 is 1.06 bits per heavy atom. The second-order valence-corrected chi connectivity index (χ2v) is 9.92. The summed E-state index contributed by atoms with van der Waals surface area (Å²) < 4.78 is 18.4. The highest BCUT2D eigenvalue weighted by Crippen LogP contribution is 2.57. The lowest BCUT2D eigenvalue weighted by molar-refractivity contribution is -0.156. The molecule has 0 unspecified atom stereocenters. The van der Waals surface area contributed by atoms with E-state index in [1.54, 1.807) is 20.8 Å². The first-order valence-electron chi connectivity index (χ1n) is 10.9. The number of nitrogens with one attached hydrogen (secondary N) is 2. The molecule has 7 heteroatoms. The number of hydrogen-bond donors (Lipinski definition) is 3. The van der Waals surface area contributed by atoms with Crippen LogP contribution in [0.4, 0.5) is 14.9 Å². The third kappa shape index (κ3) is 5.38. The molecule has 1 amide bonds. The number of carbonyl (C=O) groups excluding carboxylic acids is 1. The van der Waals surface area contributed by atoms with Crippen molar-refractivity contribution >= 4 is 17.7 Å². The molecule has 6 nitrogen and oxygen atoms in total. The SMILES string of the molecule is CC(C)(C)OC(=O)NC/C(=C\F)CNc1ccc(C23CCC(C(=O)O)(CC2)CC3)cc1. The molecule has 0 heterocycles. The van der Waals surface area contributed by atoms with Crippen LogP contribution in [0.2, 0.25) is 0 Å². The minimum Gasteiger partial charge on any atom is -0.481 e. The van der Waals surface area contributed by atoms with Crippen LogP contribution in [0.5, 0.6) is 0 Å². The van der Waals surface area contributed by atoms with E-state index in [4.69, 9.17) is 4.74 Å². The fourth-order valence-corrected chi connectivity index (χ4v) is 4.74. The molecule has 2 bridgehead atoms. The van der Waals surface area contributed by atoms with E-state index >= 15 is 0 Å².